The molecule has 0 spiro atoms. The van der Waals surface area contributed by atoms with Gasteiger partial charge in [0.1, 0.15) is 0 Å². The zero-order valence-corrected chi connectivity index (χ0v) is 13.1. The number of nitrogens with one attached hydrogen (secondary N) is 1. The molecule has 1 amide bonds. The molecule has 1 aromatic rings. The van der Waals surface area contributed by atoms with Crippen molar-refractivity contribution in [3.8, 4) is 6.07 Å². The number of hydrogen-bond donors (Lipinski definition) is 1. The van der Waals surface area contributed by atoms with Crippen molar-refractivity contribution < 1.29 is 4.79 Å². The van der Waals surface area contributed by atoms with Crippen LogP contribution in [-0.4, -0.2) is 5.91 Å². The van der Waals surface area contributed by atoms with E-state index in [0.29, 0.717) is 5.56 Å². The van der Waals surface area contributed by atoms with Crippen LogP contribution in [0.3, 0.4) is 0 Å². The van der Waals surface area contributed by atoms with Gasteiger partial charge in [-0.2, -0.15) is 5.26 Å². The number of nitrogens with zero attached hydrogens (tertiary/aromatic N) is 1. The summed E-state index contributed by atoms with van der Waals surface area (Å²) in [6, 6.07) is 7.63. The van der Waals surface area contributed by atoms with Crippen LogP contribution >= 0.6 is 0 Å². The lowest BCUT2D eigenvalue weighted by Crippen LogP contribution is -2.51. The number of nitriles is 1. The largest absolute Gasteiger partial charge is 0.325 e. The third kappa shape index (κ3) is 2.13. The van der Waals surface area contributed by atoms with Crippen molar-refractivity contribution >= 4 is 11.6 Å². The van der Waals surface area contributed by atoms with Crippen molar-refractivity contribution in [2.24, 2.45) is 23.2 Å². The lowest BCUT2D eigenvalue weighted by Gasteiger charge is -2.55. The van der Waals surface area contributed by atoms with E-state index in [2.05, 4.69) is 11.4 Å². The summed E-state index contributed by atoms with van der Waals surface area (Å²) in [5.74, 6) is 2.55. The van der Waals surface area contributed by atoms with Crippen LogP contribution in [0.4, 0.5) is 5.69 Å². The minimum atomic E-state index is -0.116. The summed E-state index contributed by atoms with van der Waals surface area (Å²) in [7, 11) is 0. The predicted octanol–water partition coefficient (Wildman–Crippen LogP) is 4.02. The van der Waals surface area contributed by atoms with Crippen LogP contribution in [0.25, 0.3) is 0 Å². The Balaban J connectivity index is 1.56. The maximum atomic E-state index is 13.0. The molecule has 4 aliphatic rings. The number of rotatable bonds is 2. The maximum absolute atomic E-state index is 13.0. The Morgan fingerprint density at radius 2 is 1.77 bits per heavy atom. The van der Waals surface area contributed by atoms with Gasteiger partial charge in [0.05, 0.1) is 17.0 Å². The molecule has 5 rings (SSSR count). The zero-order valence-electron chi connectivity index (χ0n) is 13.1. The smallest absolute Gasteiger partial charge is 0.230 e. The van der Waals surface area contributed by atoms with Crippen molar-refractivity contribution in [2.45, 2.75) is 45.4 Å². The van der Waals surface area contributed by atoms with Gasteiger partial charge in [-0.3, -0.25) is 4.79 Å². The first kappa shape index (κ1) is 13.8. The standard InChI is InChI=1S/C19H22N2O/c1-12-4-13(11-20)2-3-17(12)21-18(22)19-8-14-5-15(9-19)7-16(6-14)10-19/h2-4,14-16H,5-10H2,1H3,(H,21,22). The first-order chi connectivity index (χ1) is 10.6. The van der Waals surface area contributed by atoms with Crippen LogP contribution in [0.5, 0.6) is 0 Å². The van der Waals surface area contributed by atoms with Gasteiger partial charge in [0.15, 0.2) is 0 Å². The minimum absolute atomic E-state index is 0.116. The van der Waals surface area contributed by atoms with Crippen molar-refractivity contribution in [3.05, 3.63) is 29.3 Å². The Bertz CT molecular complexity index is 635. The SMILES string of the molecule is Cc1cc(C#N)ccc1NC(=O)C12CC3CC(CC(C3)C1)C2. The number of carbonyl (C=O) groups is 1. The second kappa shape index (κ2) is 4.84. The first-order valence-electron chi connectivity index (χ1n) is 8.40. The van der Waals surface area contributed by atoms with Gasteiger partial charge >= 0.3 is 0 Å². The molecule has 0 radical (unpaired) electrons. The topological polar surface area (TPSA) is 52.9 Å². The summed E-state index contributed by atoms with van der Waals surface area (Å²) < 4.78 is 0. The van der Waals surface area contributed by atoms with Crippen molar-refractivity contribution in [1.29, 1.82) is 5.26 Å². The Kier molecular flexibility index (Phi) is 3.04. The molecule has 3 heteroatoms. The van der Waals surface area contributed by atoms with Gasteiger partial charge in [0.2, 0.25) is 5.91 Å². The second-order valence-electron chi connectivity index (χ2n) is 7.79. The van der Waals surface area contributed by atoms with Crippen LogP contribution in [-0.2, 0) is 4.79 Å². The Hall–Kier alpha value is -1.82. The predicted molar refractivity (Wildman–Crippen MR) is 85.1 cm³/mol. The van der Waals surface area contributed by atoms with Crippen LogP contribution in [0.2, 0.25) is 0 Å². The average Bonchev–Trinajstić information content (AvgIpc) is 2.47. The van der Waals surface area contributed by atoms with E-state index in [-0.39, 0.29) is 11.3 Å². The summed E-state index contributed by atoms with van der Waals surface area (Å²) in [5.41, 5.74) is 2.36. The lowest BCUT2D eigenvalue weighted by molar-refractivity contribution is -0.140. The van der Waals surface area contributed by atoms with E-state index in [4.69, 9.17) is 5.26 Å². The van der Waals surface area contributed by atoms with Gasteiger partial charge in [-0.25, -0.2) is 0 Å². The van der Waals surface area contributed by atoms with Gasteiger partial charge < -0.3 is 5.32 Å². The molecular formula is C19H22N2O. The number of amides is 1. The average molecular weight is 294 g/mol. The molecule has 0 unspecified atom stereocenters. The number of hydrogen-bond acceptors (Lipinski definition) is 2. The number of benzene rings is 1. The molecule has 0 heterocycles. The van der Waals surface area contributed by atoms with Crippen LogP contribution in [0.1, 0.15) is 49.7 Å². The van der Waals surface area contributed by atoms with E-state index in [0.717, 1.165) is 48.3 Å². The van der Waals surface area contributed by atoms with Gasteiger partial charge in [-0.1, -0.05) is 0 Å². The normalized spacial score (nSPS) is 35.2. The van der Waals surface area contributed by atoms with Gasteiger partial charge in [0, 0.05) is 5.69 Å². The summed E-state index contributed by atoms with van der Waals surface area (Å²) >= 11 is 0. The summed E-state index contributed by atoms with van der Waals surface area (Å²) in [6.45, 7) is 1.95. The van der Waals surface area contributed by atoms with E-state index >= 15 is 0 Å². The van der Waals surface area contributed by atoms with Crippen molar-refractivity contribution in [2.75, 3.05) is 5.32 Å². The molecule has 4 saturated carbocycles. The number of anilines is 1. The molecule has 4 aliphatic carbocycles. The van der Waals surface area contributed by atoms with E-state index in [1.807, 2.05) is 19.1 Å². The van der Waals surface area contributed by atoms with E-state index in [9.17, 15) is 4.79 Å². The molecule has 1 N–H and O–H groups in total. The molecule has 0 saturated heterocycles. The molecule has 4 bridgehead atoms. The fourth-order valence-corrected chi connectivity index (χ4v) is 5.52. The summed E-state index contributed by atoms with van der Waals surface area (Å²) in [6.07, 6.45) is 7.30. The van der Waals surface area contributed by atoms with E-state index in [1.54, 1.807) is 6.07 Å². The maximum Gasteiger partial charge on any atom is 0.230 e. The molecule has 0 aliphatic heterocycles. The van der Waals surface area contributed by atoms with Crippen LogP contribution in [0, 0.1) is 41.4 Å². The third-order valence-electron chi connectivity index (χ3n) is 6.12. The monoisotopic (exact) mass is 294 g/mol. The van der Waals surface area contributed by atoms with Gasteiger partial charge in [0.25, 0.3) is 0 Å². The second-order valence-corrected chi connectivity index (χ2v) is 7.79. The van der Waals surface area contributed by atoms with E-state index in [1.165, 1.54) is 19.3 Å². The zero-order chi connectivity index (χ0) is 15.3. The number of carbonyl (C=O) groups excluding carboxylic acids is 1. The highest BCUT2D eigenvalue weighted by molar-refractivity contribution is 5.96. The third-order valence-corrected chi connectivity index (χ3v) is 6.12. The van der Waals surface area contributed by atoms with Crippen LogP contribution < -0.4 is 5.32 Å². The van der Waals surface area contributed by atoms with Crippen LogP contribution in [0.15, 0.2) is 18.2 Å². The molecule has 4 fully saturated rings. The Labute approximate surface area is 131 Å². The molecule has 1 aromatic carbocycles. The Morgan fingerprint density at radius 1 is 1.18 bits per heavy atom. The Morgan fingerprint density at radius 3 is 2.27 bits per heavy atom. The minimum Gasteiger partial charge on any atom is -0.325 e. The van der Waals surface area contributed by atoms with Crippen molar-refractivity contribution in [3.63, 3.8) is 0 Å². The highest BCUT2D eigenvalue weighted by Crippen LogP contribution is 2.60. The van der Waals surface area contributed by atoms with Crippen molar-refractivity contribution in [1.82, 2.24) is 0 Å². The first-order valence-corrected chi connectivity index (χ1v) is 8.40. The van der Waals surface area contributed by atoms with E-state index < -0.39 is 0 Å². The molecule has 114 valence electrons. The molecule has 0 atom stereocenters. The molecule has 3 nitrogen and oxygen atoms in total. The molecule has 0 aromatic heterocycles. The number of aryl methyl sites for hydroxylation is 1. The lowest BCUT2D eigenvalue weighted by atomic mass is 9.49. The highest BCUT2D eigenvalue weighted by Gasteiger charge is 2.54. The summed E-state index contributed by atoms with van der Waals surface area (Å²) in [5, 5.41) is 12.1. The fourth-order valence-electron chi connectivity index (χ4n) is 5.52. The summed E-state index contributed by atoms with van der Waals surface area (Å²) in [4.78, 5) is 13.0. The fraction of sp³-hybridized carbons (Fsp3) is 0.579. The molecular weight excluding hydrogens is 272 g/mol. The molecule has 22 heavy (non-hydrogen) atoms. The van der Waals surface area contributed by atoms with Gasteiger partial charge in [-0.05, 0) is 87.0 Å². The quantitative estimate of drug-likeness (QED) is 0.895. The highest BCUT2D eigenvalue weighted by atomic mass is 16.2. The van der Waals surface area contributed by atoms with Gasteiger partial charge in [-0.15, -0.1) is 0 Å².